The monoisotopic (exact) mass is 139 g/mol. The van der Waals surface area contributed by atoms with Crippen molar-refractivity contribution in [3.05, 3.63) is 11.1 Å². The van der Waals surface area contributed by atoms with Crippen LogP contribution in [-0.4, -0.2) is 24.4 Å². The topological polar surface area (TPSA) is 20.3 Å². The summed E-state index contributed by atoms with van der Waals surface area (Å²) in [4.78, 5) is 12.1. The van der Waals surface area contributed by atoms with Crippen molar-refractivity contribution < 1.29 is 4.79 Å². The predicted molar refractivity (Wildman–Crippen MR) is 40.6 cm³/mol. The van der Waals surface area contributed by atoms with E-state index in [0.29, 0.717) is 0 Å². The summed E-state index contributed by atoms with van der Waals surface area (Å²) >= 11 is 0. The van der Waals surface area contributed by atoms with Crippen LogP contribution < -0.4 is 0 Å². The Bertz CT molecular complexity index is 172. The molecule has 1 rings (SSSR count). The maximum Gasteiger partial charge on any atom is 0.210 e. The van der Waals surface area contributed by atoms with Crippen molar-refractivity contribution in [2.45, 2.75) is 20.3 Å². The summed E-state index contributed by atoms with van der Waals surface area (Å²) in [6.45, 7) is 5.95. The van der Waals surface area contributed by atoms with E-state index in [9.17, 15) is 4.79 Å². The van der Waals surface area contributed by atoms with Gasteiger partial charge in [-0.3, -0.25) is 4.79 Å². The second kappa shape index (κ2) is 2.86. The summed E-state index contributed by atoms with van der Waals surface area (Å²) in [5, 5.41) is 0. The fraction of sp³-hybridized carbons (Fsp3) is 0.625. The van der Waals surface area contributed by atoms with Gasteiger partial charge >= 0.3 is 0 Å². The average molecular weight is 139 g/mol. The zero-order valence-corrected chi connectivity index (χ0v) is 6.55. The summed E-state index contributed by atoms with van der Waals surface area (Å²) in [5.41, 5.74) is 2.79. The van der Waals surface area contributed by atoms with Gasteiger partial charge in [0.25, 0.3) is 0 Å². The van der Waals surface area contributed by atoms with Gasteiger partial charge in [0.1, 0.15) is 0 Å². The Kier molecular flexibility index (Phi) is 2.10. The predicted octanol–water partition coefficient (Wildman–Crippen LogP) is 1.18. The molecule has 1 aliphatic heterocycles. The standard InChI is InChI=1S/C8H13NO/c1-7-3-4-9(6-10)5-8(7)2/h6H,3-5H2,1-2H3. The number of hydrogen-bond acceptors (Lipinski definition) is 1. The first-order valence-corrected chi connectivity index (χ1v) is 3.58. The molecule has 0 N–H and O–H groups in total. The third-order valence-electron chi connectivity index (χ3n) is 2.09. The first-order valence-electron chi connectivity index (χ1n) is 3.58. The molecule has 56 valence electrons. The molecule has 1 aliphatic rings. The molecule has 0 bridgehead atoms. The van der Waals surface area contributed by atoms with E-state index in [0.717, 1.165) is 25.9 Å². The van der Waals surface area contributed by atoms with E-state index >= 15 is 0 Å². The highest BCUT2D eigenvalue weighted by atomic mass is 16.1. The molecule has 1 amide bonds. The molecule has 0 saturated heterocycles. The molecule has 0 atom stereocenters. The van der Waals surface area contributed by atoms with Crippen LogP contribution in [0, 0.1) is 0 Å². The lowest BCUT2D eigenvalue weighted by molar-refractivity contribution is -0.117. The largest absolute Gasteiger partial charge is 0.341 e. The van der Waals surface area contributed by atoms with E-state index in [4.69, 9.17) is 0 Å². The van der Waals surface area contributed by atoms with Gasteiger partial charge < -0.3 is 4.90 Å². The maximum atomic E-state index is 10.3. The smallest absolute Gasteiger partial charge is 0.210 e. The molecule has 0 unspecified atom stereocenters. The van der Waals surface area contributed by atoms with Gasteiger partial charge in [0, 0.05) is 13.1 Å². The molecule has 1 heterocycles. The highest BCUT2D eigenvalue weighted by Crippen LogP contribution is 2.14. The Hall–Kier alpha value is -0.790. The number of carbonyl (C=O) groups excluding carboxylic acids is 1. The van der Waals surface area contributed by atoms with Crippen molar-refractivity contribution in [2.24, 2.45) is 0 Å². The summed E-state index contributed by atoms with van der Waals surface area (Å²) < 4.78 is 0. The molecule has 0 spiro atoms. The van der Waals surface area contributed by atoms with Gasteiger partial charge in [-0.05, 0) is 20.3 Å². The molecule has 10 heavy (non-hydrogen) atoms. The van der Waals surface area contributed by atoms with Crippen molar-refractivity contribution in [3.8, 4) is 0 Å². The molecular formula is C8H13NO. The summed E-state index contributed by atoms with van der Waals surface area (Å²) in [6.07, 6.45) is 1.97. The van der Waals surface area contributed by atoms with Crippen molar-refractivity contribution in [1.82, 2.24) is 4.90 Å². The van der Waals surface area contributed by atoms with Crippen LogP contribution in [0.4, 0.5) is 0 Å². The Morgan fingerprint density at radius 3 is 2.60 bits per heavy atom. The number of hydrogen-bond donors (Lipinski definition) is 0. The minimum atomic E-state index is 0.829. The van der Waals surface area contributed by atoms with E-state index in [1.807, 2.05) is 4.90 Å². The molecule has 2 nitrogen and oxygen atoms in total. The molecular weight excluding hydrogens is 126 g/mol. The molecule has 0 aromatic rings. The van der Waals surface area contributed by atoms with Crippen LogP contribution in [0.15, 0.2) is 11.1 Å². The molecule has 2 heteroatoms. The van der Waals surface area contributed by atoms with Crippen LogP contribution in [0.2, 0.25) is 0 Å². The quantitative estimate of drug-likeness (QED) is 0.394. The number of rotatable bonds is 1. The lowest BCUT2D eigenvalue weighted by Gasteiger charge is -2.24. The van der Waals surface area contributed by atoms with Crippen LogP contribution in [0.25, 0.3) is 0 Å². The second-order valence-electron chi connectivity index (χ2n) is 2.89. The van der Waals surface area contributed by atoms with Gasteiger partial charge in [-0.25, -0.2) is 0 Å². The molecule has 0 saturated carbocycles. The molecule has 0 fully saturated rings. The number of nitrogens with zero attached hydrogens (tertiary/aromatic N) is 1. The van der Waals surface area contributed by atoms with Crippen LogP contribution in [0.5, 0.6) is 0 Å². The highest BCUT2D eigenvalue weighted by molar-refractivity contribution is 5.48. The zero-order chi connectivity index (χ0) is 7.56. The Morgan fingerprint density at radius 2 is 2.10 bits per heavy atom. The van der Waals surface area contributed by atoms with Gasteiger partial charge in [0.2, 0.25) is 6.41 Å². The lowest BCUT2D eigenvalue weighted by Crippen LogP contribution is -2.29. The molecule has 0 aromatic carbocycles. The molecule has 0 aromatic heterocycles. The van der Waals surface area contributed by atoms with Crippen LogP contribution in [-0.2, 0) is 4.79 Å². The minimum Gasteiger partial charge on any atom is -0.341 e. The third-order valence-corrected chi connectivity index (χ3v) is 2.09. The fourth-order valence-electron chi connectivity index (χ4n) is 1.13. The van der Waals surface area contributed by atoms with Crippen LogP contribution in [0.1, 0.15) is 20.3 Å². The van der Waals surface area contributed by atoms with Crippen molar-refractivity contribution >= 4 is 6.41 Å². The first-order chi connectivity index (χ1) is 4.74. The summed E-state index contributed by atoms with van der Waals surface area (Å²) in [6, 6.07) is 0. The third kappa shape index (κ3) is 1.38. The van der Waals surface area contributed by atoms with Gasteiger partial charge in [-0.2, -0.15) is 0 Å². The number of amides is 1. The van der Waals surface area contributed by atoms with E-state index in [2.05, 4.69) is 13.8 Å². The van der Waals surface area contributed by atoms with Gasteiger partial charge in [-0.1, -0.05) is 11.1 Å². The molecule has 0 aliphatic carbocycles. The summed E-state index contributed by atoms with van der Waals surface area (Å²) in [5.74, 6) is 0. The van der Waals surface area contributed by atoms with Crippen molar-refractivity contribution in [1.29, 1.82) is 0 Å². The number of carbonyl (C=O) groups is 1. The van der Waals surface area contributed by atoms with E-state index in [1.54, 1.807) is 0 Å². The lowest BCUT2D eigenvalue weighted by atomic mass is 10.0. The van der Waals surface area contributed by atoms with E-state index in [1.165, 1.54) is 11.1 Å². The zero-order valence-electron chi connectivity index (χ0n) is 6.55. The normalized spacial score (nSPS) is 19.6. The highest BCUT2D eigenvalue weighted by Gasteiger charge is 2.10. The van der Waals surface area contributed by atoms with Gasteiger partial charge in [-0.15, -0.1) is 0 Å². The van der Waals surface area contributed by atoms with Gasteiger partial charge in [0.15, 0.2) is 0 Å². The maximum absolute atomic E-state index is 10.3. The van der Waals surface area contributed by atoms with Gasteiger partial charge in [0.05, 0.1) is 0 Å². The Balaban J connectivity index is 2.62. The Labute approximate surface area is 61.5 Å². The Morgan fingerprint density at radius 1 is 1.40 bits per heavy atom. The van der Waals surface area contributed by atoms with Crippen molar-refractivity contribution in [3.63, 3.8) is 0 Å². The van der Waals surface area contributed by atoms with Crippen LogP contribution >= 0.6 is 0 Å². The van der Waals surface area contributed by atoms with E-state index < -0.39 is 0 Å². The van der Waals surface area contributed by atoms with Crippen molar-refractivity contribution in [2.75, 3.05) is 13.1 Å². The first kappa shape index (κ1) is 7.32. The average Bonchev–Trinajstić information content (AvgIpc) is 1.95. The van der Waals surface area contributed by atoms with E-state index in [-0.39, 0.29) is 0 Å². The summed E-state index contributed by atoms with van der Waals surface area (Å²) in [7, 11) is 0. The second-order valence-corrected chi connectivity index (χ2v) is 2.89. The minimum absolute atomic E-state index is 0.829. The van der Waals surface area contributed by atoms with Crippen LogP contribution in [0.3, 0.4) is 0 Å². The SMILES string of the molecule is CC1=C(C)CN(C=O)CC1. The fourth-order valence-corrected chi connectivity index (χ4v) is 1.13. The molecule has 0 radical (unpaired) electrons.